The number of pyridine rings is 1. The fourth-order valence-electron chi connectivity index (χ4n) is 2.74. The SMILES string of the molecule is O=C(Cn1ccc(=O)c2ccccc21)N1CCCNCC1. The third-order valence-corrected chi connectivity index (χ3v) is 3.88. The first-order chi connectivity index (χ1) is 10.3. The maximum atomic E-state index is 12.4. The van der Waals surface area contributed by atoms with E-state index in [4.69, 9.17) is 0 Å². The second-order valence-electron chi connectivity index (χ2n) is 5.31. The lowest BCUT2D eigenvalue weighted by Gasteiger charge is -2.21. The van der Waals surface area contributed by atoms with Crippen LogP contribution in [0.15, 0.2) is 41.3 Å². The van der Waals surface area contributed by atoms with Crippen LogP contribution in [0.5, 0.6) is 0 Å². The number of carbonyl (C=O) groups is 1. The molecule has 3 rings (SSSR count). The molecule has 110 valence electrons. The van der Waals surface area contributed by atoms with Crippen molar-refractivity contribution in [2.45, 2.75) is 13.0 Å². The molecule has 5 nitrogen and oxygen atoms in total. The summed E-state index contributed by atoms with van der Waals surface area (Å²) in [7, 11) is 0. The van der Waals surface area contributed by atoms with Crippen molar-refractivity contribution in [1.82, 2.24) is 14.8 Å². The van der Waals surface area contributed by atoms with Crippen molar-refractivity contribution in [2.24, 2.45) is 0 Å². The van der Waals surface area contributed by atoms with E-state index in [2.05, 4.69) is 5.32 Å². The van der Waals surface area contributed by atoms with E-state index in [1.165, 1.54) is 6.07 Å². The van der Waals surface area contributed by atoms with Gasteiger partial charge in [-0.15, -0.1) is 0 Å². The molecule has 1 aliphatic rings. The van der Waals surface area contributed by atoms with Gasteiger partial charge in [-0.1, -0.05) is 12.1 Å². The summed E-state index contributed by atoms with van der Waals surface area (Å²) < 4.78 is 1.86. The second kappa shape index (κ2) is 6.10. The molecule has 2 aromatic rings. The van der Waals surface area contributed by atoms with E-state index >= 15 is 0 Å². The number of hydrogen-bond acceptors (Lipinski definition) is 3. The largest absolute Gasteiger partial charge is 0.340 e. The molecule has 1 N–H and O–H groups in total. The summed E-state index contributed by atoms with van der Waals surface area (Å²) in [5, 5.41) is 3.95. The first-order valence-electron chi connectivity index (χ1n) is 7.32. The van der Waals surface area contributed by atoms with Crippen molar-refractivity contribution >= 4 is 16.8 Å². The Kier molecular flexibility index (Phi) is 4.01. The number of fused-ring (bicyclic) bond motifs is 1. The number of benzene rings is 1. The Morgan fingerprint density at radius 1 is 1.14 bits per heavy atom. The summed E-state index contributed by atoms with van der Waals surface area (Å²) >= 11 is 0. The molecule has 0 spiro atoms. The van der Waals surface area contributed by atoms with Gasteiger partial charge < -0.3 is 14.8 Å². The maximum absolute atomic E-state index is 12.4. The number of aromatic nitrogens is 1. The van der Waals surface area contributed by atoms with Gasteiger partial charge in [0, 0.05) is 37.3 Å². The Morgan fingerprint density at radius 2 is 2.00 bits per heavy atom. The summed E-state index contributed by atoms with van der Waals surface area (Å²) in [6, 6.07) is 8.94. The quantitative estimate of drug-likeness (QED) is 0.889. The van der Waals surface area contributed by atoms with Gasteiger partial charge in [-0.25, -0.2) is 0 Å². The number of carbonyl (C=O) groups excluding carboxylic acids is 1. The minimum Gasteiger partial charge on any atom is -0.340 e. The van der Waals surface area contributed by atoms with Crippen LogP contribution in [0, 0.1) is 0 Å². The molecule has 2 heterocycles. The van der Waals surface area contributed by atoms with Crippen LogP contribution >= 0.6 is 0 Å². The van der Waals surface area contributed by atoms with Gasteiger partial charge in [0.2, 0.25) is 5.91 Å². The van der Waals surface area contributed by atoms with Crippen LogP contribution in [-0.2, 0) is 11.3 Å². The monoisotopic (exact) mass is 285 g/mol. The van der Waals surface area contributed by atoms with Gasteiger partial charge in [0.15, 0.2) is 5.43 Å². The maximum Gasteiger partial charge on any atom is 0.242 e. The lowest BCUT2D eigenvalue weighted by atomic mass is 10.2. The van der Waals surface area contributed by atoms with Crippen molar-refractivity contribution < 1.29 is 4.79 Å². The Balaban J connectivity index is 1.86. The molecule has 5 heteroatoms. The number of nitrogens with one attached hydrogen (secondary N) is 1. The van der Waals surface area contributed by atoms with E-state index in [0.29, 0.717) is 5.39 Å². The van der Waals surface area contributed by atoms with Crippen molar-refractivity contribution in [3.63, 3.8) is 0 Å². The van der Waals surface area contributed by atoms with E-state index in [1.807, 2.05) is 27.7 Å². The molecule has 0 bridgehead atoms. The lowest BCUT2D eigenvalue weighted by Crippen LogP contribution is -2.36. The van der Waals surface area contributed by atoms with Crippen LogP contribution in [-0.4, -0.2) is 41.6 Å². The molecular formula is C16H19N3O2. The summed E-state index contributed by atoms with van der Waals surface area (Å²) in [6.07, 6.45) is 2.69. The predicted molar refractivity (Wildman–Crippen MR) is 82.3 cm³/mol. The van der Waals surface area contributed by atoms with Crippen LogP contribution in [0.1, 0.15) is 6.42 Å². The minimum atomic E-state index is -0.00623. The summed E-state index contributed by atoms with van der Waals surface area (Å²) in [5.74, 6) is 0.104. The number of nitrogens with zero attached hydrogens (tertiary/aromatic N) is 2. The normalized spacial score (nSPS) is 15.9. The molecule has 0 radical (unpaired) electrons. The lowest BCUT2D eigenvalue weighted by molar-refractivity contribution is -0.131. The molecule has 1 aliphatic heterocycles. The topological polar surface area (TPSA) is 54.3 Å². The average molecular weight is 285 g/mol. The van der Waals surface area contributed by atoms with E-state index in [9.17, 15) is 9.59 Å². The Labute approximate surface area is 123 Å². The van der Waals surface area contributed by atoms with E-state index in [1.54, 1.807) is 12.3 Å². The van der Waals surface area contributed by atoms with Crippen LogP contribution in [0.3, 0.4) is 0 Å². The third-order valence-electron chi connectivity index (χ3n) is 3.88. The predicted octanol–water partition coefficient (Wildman–Crippen LogP) is 0.823. The number of hydrogen-bond donors (Lipinski definition) is 1. The zero-order valence-corrected chi connectivity index (χ0v) is 11.9. The molecular weight excluding hydrogens is 266 g/mol. The number of amides is 1. The highest BCUT2D eigenvalue weighted by atomic mass is 16.2. The molecule has 0 aliphatic carbocycles. The highest BCUT2D eigenvalue weighted by Gasteiger charge is 2.16. The van der Waals surface area contributed by atoms with Gasteiger partial charge in [0.25, 0.3) is 0 Å². The standard InChI is InChI=1S/C16H19N3O2/c20-15-6-10-19(14-5-2-1-4-13(14)15)12-16(21)18-9-3-7-17-8-11-18/h1-2,4-6,10,17H,3,7-9,11-12H2. The number of para-hydroxylation sites is 1. The van der Waals surface area contributed by atoms with Gasteiger partial charge in [-0.05, 0) is 25.1 Å². The zero-order valence-electron chi connectivity index (χ0n) is 11.9. The summed E-state index contributed by atoms with van der Waals surface area (Å²) in [5.41, 5.74) is 0.805. The smallest absolute Gasteiger partial charge is 0.242 e. The van der Waals surface area contributed by atoms with Crippen molar-refractivity contribution in [1.29, 1.82) is 0 Å². The molecule has 1 aromatic heterocycles. The molecule has 21 heavy (non-hydrogen) atoms. The fraction of sp³-hybridized carbons (Fsp3) is 0.375. The molecule has 1 aromatic carbocycles. The molecule has 0 saturated carbocycles. The van der Waals surface area contributed by atoms with Crippen molar-refractivity contribution in [3.05, 3.63) is 46.8 Å². The van der Waals surface area contributed by atoms with Gasteiger partial charge >= 0.3 is 0 Å². The number of rotatable bonds is 2. The Bertz CT molecular complexity index is 700. The van der Waals surface area contributed by atoms with Gasteiger partial charge in [0.1, 0.15) is 6.54 Å². The molecule has 1 fully saturated rings. The first-order valence-corrected chi connectivity index (χ1v) is 7.32. The fourth-order valence-corrected chi connectivity index (χ4v) is 2.74. The van der Waals surface area contributed by atoms with Crippen LogP contribution < -0.4 is 10.7 Å². The van der Waals surface area contributed by atoms with Crippen LogP contribution in [0.4, 0.5) is 0 Å². The van der Waals surface area contributed by atoms with Crippen molar-refractivity contribution in [2.75, 3.05) is 26.2 Å². The molecule has 0 unspecified atom stereocenters. The molecule has 0 atom stereocenters. The summed E-state index contributed by atoms with van der Waals surface area (Å²) in [6.45, 7) is 3.63. The van der Waals surface area contributed by atoms with Gasteiger partial charge in [0.05, 0.1) is 5.52 Å². The van der Waals surface area contributed by atoms with Gasteiger partial charge in [-0.2, -0.15) is 0 Å². The van der Waals surface area contributed by atoms with E-state index in [-0.39, 0.29) is 17.9 Å². The highest BCUT2D eigenvalue weighted by Crippen LogP contribution is 2.10. The van der Waals surface area contributed by atoms with Crippen LogP contribution in [0.2, 0.25) is 0 Å². The summed E-state index contributed by atoms with van der Waals surface area (Å²) in [4.78, 5) is 26.2. The zero-order chi connectivity index (χ0) is 14.7. The Hall–Kier alpha value is -2.14. The molecule has 1 saturated heterocycles. The van der Waals surface area contributed by atoms with Crippen LogP contribution in [0.25, 0.3) is 10.9 Å². The minimum absolute atomic E-state index is 0.00623. The van der Waals surface area contributed by atoms with E-state index in [0.717, 1.165) is 38.1 Å². The van der Waals surface area contributed by atoms with Crippen molar-refractivity contribution in [3.8, 4) is 0 Å². The van der Waals surface area contributed by atoms with Gasteiger partial charge in [-0.3, -0.25) is 9.59 Å². The molecule has 1 amide bonds. The second-order valence-corrected chi connectivity index (χ2v) is 5.31. The third kappa shape index (κ3) is 2.97. The first kappa shape index (κ1) is 13.8. The highest BCUT2D eigenvalue weighted by molar-refractivity contribution is 5.82. The van der Waals surface area contributed by atoms with E-state index < -0.39 is 0 Å². The Morgan fingerprint density at radius 3 is 2.90 bits per heavy atom. The average Bonchev–Trinajstić information content (AvgIpc) is 2.79.